The smallest absolute Gasteiger partial charge is 0.289 e. The van der Waals surface area contributed by atoms with Gasteiger partial charge in [0.25, 0.3) is 5.91 Å². The first kappa shape index (κ1) is 22.4. The third kappa shape index (κ3) is 5.89. The molecule has 2 fully saturated rings. The van der Waals surface area contributed by atoms with Gasteiger partial charge in [0.1, 0.15) is 0 Å². The summed E-state index contributed by atoms with van der Waals surface area (Å²) in [6.07, 6.45) is 1.54. The summed E-state index contributed by atoms with van der Waals surface area (Å²) in [6, 6.07) is 12.1. The molecule has 8 heteroatoms. The Bertz CT molecular complexity index is 885. The molecule has 0 aliphatic carbocycles. The van der Waals surface area contributed by atoms with Gasteiger partial charge in [-0.25, -0.2) is 4.99 Å². The van der Waals surface area contributed by atoms with Crippen molar-refractivity contribution in [2.24, 2.45) is 4.99 Å². The highest BCUT2D eigenvalue weighted by atomic mass is 16.5. The minimum absolute atomic E-state index is 0.0475. The highest BCUT2D eigenvalue weighted by Gasteiger charge is 2.25. The van der Waals surface area contributed by atoms with E-state index in [1.54, 1.807) is 12.1 Å². The number of piperazine rings is 1. The Hall–Kier alpha value is -2.84. The van der Waals surface area contributed by atoms with Crippen molar-refractivity contribution in [1.82, 2.24) is 20.0 Å². The molecule has 4 rings (SSSR count). The molecule has 2 aliphatic rings. The molecule has 3 heterocycles. The maximum atomic E-state index is 12.5. The molecule has 1 amide bonds. The Balaban J connectivity index is 1.34. The summed E-state index contributed by atoms with van der Waals surface area (Å²) in [7, 11) is 0. The molecule has 2 saturated heterocycles. The molecule has 172 valence electrons. The standard InChI is InChI=1S/C24H33N5O3/c1-2-25-24(29-10-8-28(9-11-29)23(30)22-7-4-14-32-22)26-18-20-5-3-6-21(17-20)19-27-12-15-31-16-13-27/h3-7,14,17H,2,8-13,15-16,18-19H2,1H3,(H,25,26). The zero-order valence-electron chi connectivity index (χ0n) is 18.8. The number of benzene rings is 1. The van der Waals surface area contributed by atoms with Crippen molar-refractivity contribution < 1.29 is 13.9 Å². The average molecular weight is 440 g/mol. The highest BCUT2D eigenvalue weighted by Crippen LogP contribution is 2.13. The summed E-state index contributed by atoms with van der Waals surface area (Å²) in [5.74, 6) is 1.25. The number of nitrogens with zero attached hydrogens (tertiary/aromatic N) is 4. The van der Waals surface area contributed by atoms with Gasteiger partial charge in [-0.3, -0.25) is 9.69 Å². The number of carbonyl (C=O) groups is 1. The van der Waals surface area contributed by atoms with Crippen molar-refractivity contribution in [3.05, 3.63) is 59.5 Å². The van der Waals surface area contributed by atoms with Crippen LogP contribution in [0.4, 0.5) is 0 Å². The molecular weight excluding hydrogens is 406 g/mol. The maximum absolute atomic E-state index is 12.5. The first-order valence-corrected chi connectivity index (χ1v) is 11.5. The first-order chi connectivity index (χ1) is 15.7. The zero-order chi connectivity index (χ0) is 22.2. The summed E-state index contributed by atoms with van der Waals surface area (Å²) >= 11 is 0. The summed E-state index contributed by atoms with van der Waals surface area (Å²) in [6.45, 7) is 10.9. The number of carbonyl (C=O) groups excluding carboxylic acids is 1. The third-order valence-electron chi connectivity index (χ3n) is 5.85. The second kappa shape index (κ2) is 11.2. The van der Waals surface area contributed by atoms with Crippen LogP contribution in [-0.4, -0.2) is 85.6 Å². The number of aliphatic imine (C=N–C) groups is 1. The monoisotopic (exact) mass is 439 g/mol. The van der Waals surface area contributed by atoms with Crippen LogP contribution in [0.3, 0.4) is 0 Å². The van der Waals surface area contributed by atoms with Gasteiger partial charge in [0.05, 0.1) is 26.0 Å². The maximum Gasteiger partial charge on any atom is 0.289 e. The SMILES string of the molecule is CCNC(=NCc1cccc(CN2CCOCC2)c1)N1CCN(C(=O)c2ccco2)CC1. The number of amides is 1. The molecule has 2 aromatic rings. The topological polar surface area (TPSA) is 73.6 Å². The van der Waals surface area contributed by atoms with Crippen LogP contribution in [0, 0.1) is 0 Å². The molecule has 0 bridgehead atoms. The van der Waals surface area contributed by atoms with E-state index in [2.05, 4.69) is 46.3 Å². The second-order valence-electron chi connectivity index (χ2n) is 8.14. The van der Waals surface area contributed by atoms with Crippen molar-refractivity contribution in [2.45, 2.75) is 20.0 Å². The Morgan fingerprint density at radius 3 is 2.47 bits per heavy atom. The van der Waals surface area contributed by atoms with Gasteiger partial charge in [-0.15, -0.1) is 0 Å². The van der Waals surface area contributed by atoms with Gasteiger partial charge in [0.2, 0.25) is 0 Å². The number of furan rings is 1. The van der Waals surface area contributed by atoms with Gasteiger partial charge in [-0.1, -0.05) is 24.3 Å². The van der Waals surface area contributed by atoms with E-state index in [1.807, 2.05) is 4.90 Å². The fourth-order valence-electron chi connectivity index (χ4n) is 4.11. The summed E-state index contributed by atoms with van der Waals surface area (Å²) < 4.78 is 10.7. The molecule has 32 heavy (non-hydrogen) atoms. The largest absolute Gasteiger partial charge is 0.459 e. The van der Waals surface area contributed by atoms with Crippen molar-refractivity contribution >= 4 is 11.9 Å². The van der Waals surface area contributed by atoms with Crippen molar-refractivity contribution in [2.75, 3.05) is 59.0 Å². The first-order valence-electron chi connectivity index (χ1n) is 11.5. The normalized spacial score (nSPS) is 18.1. The van der Waals surface area contributed by atoms with Gasteiger partial charge in [-0.05, 0) is 30.2 Å². The van der Waals surface area contributed by atoms with Gasteiger partial charge in [0.15, 0.2) is 11.7 Å². The second-order valence-corrected chi connectivity index (χ2v) is 8.14. The van der Waals surface area contributed by atoms with E-state index in [9.17, 15) is 4.79 Å². The van der Waals surface area contributed by atoms with Crippen LogP contribution in [0.15, 0.2) is 52.1 Å². The minimum Gasteiger partial charge on any atom is -0.459 e. The van der Waals surface area contributed by atoms with E-state index >= 15 is 0 Å². The molecule has 0 radical (unpaired) electrons. The van der Waals surface area contributed by atoms with Crippen LogP contribution in [0.5, 0.6) is 0 Å². The fraction of sp³-hybridized carbons (Fsp3) is 0.500. The number of guanidine groups is 1. The predicted molar refractivity (Wildman–Crippen MR) is 124 cm³/mol. The van der Waals surface area contributed by atoms with E-state index in [0.29, 0.717) is 25.4 Å². The van der Waals surface area contributed by atoms with E-state index in [0.717, 1.165) is 58.4 Å². The van der Waals surface area contributed by atoms with E-state index in [4.69, 9.17) is 14.1 Å². The van der Waals surface area contributed by atoms with E-state index in [-0.39, 0.29) is 5.91 Å². The van der Waals surface area contributed by atoms with Crippen molar-refractivity contribution in [1.29, 1.82) is 0 Å². The highest BCUT2D eigenvalue weighted by molar-refractivity contribution is 5.91. The Labute approximate surface area is 189 Å². The lowest BCUT2D eigenvalue weighted by atomic mass is 10.1. The fourth-order valence-corrected chi connectivity index (χ4v) is 4.11. The number of nitrogens with one attached hydrogen (secondary N) is 1. The molecule has 1 N–H and O–H groups in total. The molecule has 2 aliphatic heterocycles. The molecule has 8 nitrogen and oxygen atoms in total. The average Bonchev–Trinajstić information content (AvgIpc) is 3.37. The molecule has 0 atom stereocenters. The molecular formula is C24H33N5O3. The van der Waals surface area contributed by atoms with Crippen LogP contribution in [-0.2, 0) is 17.8 Å². The van der Waals surface area contributed by atoms with E-state index in [1.165, 1.54) is 17.4 Å². The van der Waals surface area contributed by atoms with Gasteiger partial charge in [0, 0.05) is 52.4 Å². The number of ether oxygens (including phenoxy) is 1. The van der Waals surface area contributed by atoms with Gasteiger partial charge in [-0.2, -0.15) is 0 Å². The number of hydrogen-bond donors (Lipinski definition) is 1. The molecule has 0 unspecified atom stereocenters. The van der Waals surface area contributed by atoms with Crippen LogP contribution in [0.1, 0.15) is 28.6 Å². The summed E-state index contributed by atoms with van der Waals surface area (Å²) in [5, 5.41) is 3.41. The van der Waals surface area contributed by atoms with Gasteiger partial charge >= 0.3 is 0 Å². The van der Waals surface area contributed by atoms with Crippen molar-refractivity contribution in [3.8, 4) is 0 Å². The van der Waals surface area contributed by atoms with Crippen LogP contribution in [0.2, 0.25) is 0 Å². The number of morpholine rings is 1. The van der Waals surface area contributed by atoms with Crippen LogP contribution < -0.4 is 5.32 Å². The van der Waals surface area contributed by atoms with Crippen LogP contribution >= 0.6 is 0 Å². The lowest BCUT2D eigenvalue weighted by molar-refractivity contribution is 0.0342. The van der Waals surface area contributed by atoms with E-state index < -0.39 is 0 Å². The summed E-state index contributed by atoms with van der Waals surface area (Å²) in [5.41, 5.74) is 2.52. The Morgan fingerprint density at radius 1 is 1.00 bits per heavy atom. The minimum atomic E-state index is -0.0475. The zero-order valence-corrected chi connectivity index (χ0v) is 18.8. The number of rotatable bonds is 6. The van der Waals surface area contributed by atoms with Crippen molar-refractivity contribution in [3.63, 3.8) is 0 Å². The van der Waals surface area contributed by atoms with Gasteiger partial charge < -0.3 is 24.3 Å². The lowest BCUT2D eigenvalue weighted by Gasteiger charge is -2.36. The third-order valence-corrected chi connectivity index (χ3v) is 5.85. The summed E-state index contributed by atoms with van der Waals surface area (Å²) in [4.78, 5) is 23.9. The lowest BCUT2D eigenvalue weighted by Crippen LogP contribution is -2.53. The molecule has 0 saturated carbocycles. The number of hydrogen-bond acceptors (Lipinski definition) is 5. The predicted octanol–water partition coefficient (Wildman–Crippen LogP) is 2.04. The molecule has 1 aromatic heterocycles. The molecule has 1 aromatic carbocycles. The molecule has 0 spiro atoms. The Kier molecular flexibility index (Phi) is 7.79. The van der Waals surface area contributed by atoms with Crippen LogP contribution in [0.25, 0.3) is 0 Å². The Morgan fingerprint density at radius 2 is 1.75 bits per heavy atom. The quantitative estimate of drug-likeness (QED) is 0.549.